The first kappa shape index (κ1) is 98.6. The first-order valence-electron chi connectivity index (χ1n) is 44.4. The zero-order chi connectivity index (χ0) is 98.9. The molecule has 9 aromatic heterocycles. The van der Waals surface area contributed by atoms with Crippen LogP contribution < -0.4 is 29.5 Å². The molecule has 0 aliphatic heterocycles. The average molecular weight is 2000 g/mol. The summed E-state index contributed by atoms with van der Waals surface area (Å²) in [5, 5.41) is 26.4. The minimum Gasteiger partial charge on any atom is -0.469 e. The van der Waals surface area contributed by atoms with E-state index in [4.69, 9.17) is 43.1 Å². The van der Waals surface area contributed by atoms with Crippen LogP contribution in [0.2, 0.25) is 0 Å². The molecule has 0 fully saturated rings. The van der Waals surface area contributed by atoms with Gasteiger partial charge in [0.25, 0.3) is 17.7 Å². The van der Waals surface area contributed by atoms with Crippen LogP contribution in [0, 0.1) is 17.8 Å². The highest BCUT2D eigenvalue weighted by Gasteiger charge is 2.41. The van der Waals surface area contributed by atoms with Crippen molar-refractivity contribution < 1.29 is 70.2 Å². The van der Waals surface area contributed by atoms with Crippen LogP contribution in [0.3, 0.4) is 0 Å². The van der Waals surface area contributed by atoms with Crippen LogP contribution in [0.1, 0.15) is 86.0 Å². The monoisotopic (exact) mass is 2000 g/mol. The number of pyridine rings is 3. The van der Waals surface area contributed by atoms with Gasteiger partial charge in [-0.15, -0.1) is 0 Å². The molecule has 0 saturated carbocycles. The number of imidazole rings is 1. The van der Waals surface area contributed by atoms with Crippen LogP contribution in [-0.4, -0.2) is 160 Å². The summed E-state index contributed by atoms with van der Waals surface area (Å²) in [4.78, 5) is 107. The molecule has 0 bridgehead atoms. The standard InChI is InChI=1S/2C35H32N5O5PS.C34H31N6O5PS/c1-23(35(42)44-3)22-46(43,45-33-20-24-10-4-6-13-29(24)38-33)40-31-21-26(47-32-14-7-5-12-28(32)34(41)36-2)16-17-27(31)30(39-40)18-15-25-11-8-9-19-37-25;1-23(35(42)44-3)22-46(43,45-32-12-8-11-29-27(32)18-20-38-29)40-31-21-25(47-33-13-5-4-10-28(33)34(41)36-2)15-16-26(31)30(39-40)17-14-24-9-6-7-19-37-24;1-22(34(42)44-3)20-46(43,45-30-12-8-11-28-32(30)38-21-37-28)40-29-19-24(47-31-13-5-4-10-26(31)33(41)35-2)15-16-25(29)27(39-40)17-14-23-9-6-7-18-36-23/h2*4-21,23,38H,22H2,1-3H3,(H,36,41);4-19,21-22H,20H2,1-3H3,(H,35,41)(H,37,38)/b18-15+;2*17-14+/t2*23-,46?;22-,46?/m111/s1. The van der Waals surface area contributed by atoms with Crippen molar-refractivity contribution in [3.63, 3.8) is 0 Å². The van der Waals surface area contributed by atoms with Gasteiger partial charge in [-0.3, -0.25) is 57.4 Å². The number of hydrogen-bond acceptors (Lipinski definition) is 25. The molecular weight excluding hydrogens is 1900 g/mol. The molecule has 0 radical (unpaired) electrons. The highest BCUT2D eigenvalue weighted by Crippen LogP contribution is 2.57. The number of aromatic amines is 3. The van der Waals surface area contributed by atoms with Crippen molar-refractivity contribution in [3.05, 3.63) is 337 Å². The maximum absolute atomic E-state index is 15.3. The number of nitrogens with zero attached hydrogens (tertiary/aromatic N) is 10. The van der Waals surface area contributed by atoms with E-state index in [2.05, 4.69) is 50.8 Å². The number of aromatic nitrogens is 13. The summed E-state index contributed by atoms with van der Waals surface area (Å²) >= 11 is 4.19. The Bertz CT molecular complexity index is 7600. The zero-order valence-corrected chi connectivity index (χ0v) is 82.7. The summed E-state index contributed by atoms with van der Waals surface area (Å²) in [7, 11) is -3.32. The molecule has 6 N–H and O–H groups in total. The van der Waals surface area contributed by atoms with Crippen molar-refractivity contribution in [2.45, 2.75) is 50.1 Å². The number of methoxy groups -OCH3 is 3. The van der Waals surface area contributed by atoms with Gasteiger partial charge in [0.2, 0.25) is 0 Å². The Morgan fingerprint density at radius 2 is 0.745 bits per heavy atom. The molecule has 18 aromatic rings. The van der Waals surface area contributed by atoms with Gasteiger partial charge < -0.3 is 58.7 Å². The van der Waals surface area contributed by atoms with Crippen molar-refractivity contribution in [2.24, 2.45) is 17.8 Å². The van der Waals surface area contributed by atoms with E-state index >= 15 is 13.7 Å². The third-order valence-electron chi connectivity index (χ3n) is 22.4. The summed E-state index contributed by atoms with van der Waals surface area (Å²) in [6, 6.07) is 77.8. The summed E-state index contributed by atoms with van der Waals surface area (Å²) in [5.74, 6) is -3.51. The number of amides is 3. The second-order valence-corrected chi connectivity index (χ2v) is 42.1. The van der Waals surface area contributed by atoms with Crippen molar-refractivity contribution in [2.75, 3.05) is 61.0 Å². The first-order chi connectivity index (χ1) is 68.4. The van der Waals surface area contributed by atoms with E-state index in [0.717, 1.165) is 73.6 Å². The lowest BCUT2D eigenvalue weighted by molar-refractivity contribution is -0.144. The van der Waals surface area contributed by atoms with E-state index in [-0.39, 0.29) is 47.8 Å². The van der Waals surface area contributed by atoms with Gasteiger partial charge >= 0.3 is 40.5 Å². The number of H-pyrrole nitrogens is 3. The quantitative estimate of drug-likeness (QED) is 0.0126. The van der Waals surface area contributed by atoms with Crippen LogP contribution in [0.25, 0.3) is 102 Å². The van der Waals surface area contributed by atoms with Crippen molar-refractivity contribution in [1.29, 1.82) is 0 Å². The average Bonchev–Trinajstić information content (AvgIpc) is 1.61. The Kier molecular flexibility index (Phi) is 31.2. The van der Waals surface area contributed by atoms with Gasteiger partial charge in [-0.05, 0) is 200 Å². The molecule has 141 heavy (non-hydrogen) atoms. The molecular formula is C104H95N16O15P3S3. The van der Waals surface area contributed by atoms with Gasteiger partial charge in [0.05, 0.1) is 137 Å². The third-order valence-corrected chi connectivity index (χ3v) is 32.8. The molecule has 3 unspecified atom stereocenters. The number of esters is 3. The first-order valence-corrected chi connectivity index (χ1v) is 52.1. The van der Waals surface area contributed by atoms with E-state index < -0.39 is 58.2 Å². The van der Waals surface area contributed by atoms with Gasteiger partial charge in [0.1, 0.15) is 11.3 Å². The molecule has 6 atom stereocenters. The van der Waals surface area contributed by atoms with Gasteiger partial charge in [0, 0.05) is 119 Å². The Balaban J connectivity index is 0.000000152. The molecule has 0 aliphatic rings. The Hall–Kier alpha value is -15.4. The lowest BCUT2D eigenvalue weighted by atomic mass is 10.2. The predicted octanol–water partition coefficient (Wildman–Crippen LogP) is 22.0. The maximum atomic E-state index is 15.3. The van der Waals surface area contributed by atoms with E-state index in [1.165, 1.54) is 76.3 Å². The number of fused-ring (bicyclic) bond motifs is 6. The van der Waals surface area contributed by atoms with E-state index in [0.29, 0.717) is 77.9 Å². The molecule has 0 aliphatic carbocycles. The van der Waals surface area contributed by atoms with Gasteiger partial charge in [-0.1, -0.05) is 141 Å². The van der Waals surface area contributed by atoms with Crippen molar-refractivity contribution >= 4 is 195 Å². The zero-order valence-electron chi connectivity index (χ0n) is 77.6. The van der Waals surface area contributed by atoms with E-state index in [9.17, 15) is 28.8 Å². The van der Waals surface area contributed by atoms with Crippen LogP contribution in [0.4, 0.5) is 0 Å². The van der Waals surface area contributed by atoms with Crippen LogP contribution >= 0.6 is 57.8 Å². The van der Waals surface area contributed by atoms with Crippen molar-refractivity contribution in [3.8, 4) is 17.4 Å². The lowest BCUT2D eigenvalue weighted by Crippen LogP contribution is -2.21. The molecule has 9 heterocycles. The van der Waals surface area contributed by atoms with Crippen LogP contribution in [-0.2, 0) is 42.3 Å². The number of para-hydroxylation sites is 2. The van der Waals surface area contributed by atoms with Gasteiger partial charge in [-0.25, -0.2) is 4.98 Å². The second-order valence-electron chi connectivity index (χ2n) is 32.1. The normalized spacial score (nSPS) is 13.4. The predicted molar refractivity (Wildman–Crippen MR) is 552 cm³/mol. The Morgan fingerprint density at radius 3 is 1.14 bits per heavy atom. The smallest absolute Gasteiger partial charge is 0.365 e. The number of rotatable bonds is 33. The molecule has 714 valence electrons. The molecule has 3 amide bonds. The topological polar surface area (TPSA) is 397 Å². The summed E-state index contributed by atoms with van der Waals surface area (Å²) < 4.78 is 84.2. The van der Waals surface area contributed by atoms with Crippen LogP contribution in [0.15, 0.2) is 315 Å². The molecule has 18 rings (SSSR count). The van der Waals surface area contributed by atoms with E-state index in [1.54, 1.807) is 115 Å². The van der Waals surface area contributed by atoms with Crippen LogP contribution in [0.5, 0.6) is 17.4 Å². The second kappa shape index (κ2) is 44.6. The number of carbonyl (C=O) groups excluding carboxylic acids is 6. The molecule has 37 heteroatoms. The maximum Gasteiger partial charge on any atom is 0.365 e. The van der Waals surface area contributed by atoms with Crippen molar-refractivity contribution in [1.82, 2.24) is 79.5 Å². The molecule has 0 spiro atoms. The fraction of sp³-hybridized carbons (Fsp3) is 0.144. The Morgan fingerprint density at radius 1 is 0.376 bits per heavy atom. The largest absolute Gasteiger partial charge is 0.469 e. The Labute approximate surface area is 822 Å². The molecule has 0 saturated heterocycles. The number of ether oxygens (including phenoxy) is 3. The highest BCUT2D eigenvalue weighted by atomic mass is 32.2. The number of nitrogens with one attached hydrogen (secondary N) is 6. The number of carbonyl (C=O) groups is 6. The molecule has 9 aromatic carbocycles. The number of benzene rings is 9. The summed E-state index contributed by atoms with van der Waals surface area (Å²) in [6.45, 7) is 4.95. The highest BCUT2D eigenvalue weighted by molar-refractivity contribution is 8.00. The van der Waals surface area contributed by atoms with E-state index in [1.807, 2.05) is 243 Å². The third kappa shape index (κ3) is 22.8. The minimum absolute atomic E-state index is 0.169. The summed E-state index contributed by atoms with van der Waals surface area (Å²) in [6.07, 6.45) is 18.8. The SMILES string of the molecule is CNC(=O)c1ccccc1Sc1ccc2c(/C=C/c3ccccn3)nn(P(=O)(C[C@@H](C)C(=O)OC)Oc3cc4ccccc4[nH]3)c2c1.CNC(=O)c1ccccc1Sc1ccc2c(/C=C/c3ccccn3)nn(P(=O)(C[C@@H](C)C(=O)OC)Oc3cccc4[nH]ccc34)c2c1.CNC(=O)c1ccccc1Sc1ccc2c(/C=C/c3ccccn3)nn(P(=O)(C[C@@H](C)C(=O)OC)Oc3cccc4[nH]cnc34)c2c1. The lowest BCUT2D eigenvalue weighted by Gasteiger charge is -2.23. The molecule has 31 nitrogen and oxygen atoms in total. The van der Waals surface area contributed by atoms with Gasteiger partial charge in [-0.2, -0.15) is 28.7 Å². The minimum atomic E-state index is -4.02. The fourth-order valence-corrected chi connectivity index (χ4v) is 25.4. The number of hydrogen-bond donors (Lipinski definition) is 6. The van der Waals surface area contributed by atoms with Gasteiger partial charge in [0.15, 0.2) is 11.6 Å². The fourth-order valence-electron chi connectivity index (χ4n) is 15.5. The summed E-state index contributed by atoms with van der Waals surface area (Å²) in [5.41, 5.74) is 9.79.